The molecule has 0 radical (unpaired) electrons. The molecule has 104 valence electrons. The maximum atomic E-state index is 11.9. The first-order chi connectivity index (χ1) is 9.11. The second-order valence-corrected chi connectivity index (χ2v) is 5.72. The van der Waals surface area contributed by atoms with Gasteiger partial charge in [0.05, 0.1) is 10.7 Å². The fraction of sp³-hybridized carbons (Fsp3) is 0.462. The number of hydrogen-bond donors (Lipinski definition) is 3. The van der Waals surface area contributed by atoms with Crippen molar-refractivity contribution in [1.29, 1.82) is 0 Å². The Morgan fingerprint density at radius 1 is 1.58 bits per heavy atom. The first-order valence-electron chi connectivity index (χ1n) is 6.40. The van der Waals surface area contributed by atoms with E-state index in [1.807, 2.05) is 6.07 Å². The van der Waals surface area contributed by atoms with Crippen molar-refractivity contribution in [2.75, 3.05) is 30.3 Å². The van der Waals surface area contributed by atoms with Gasteiger partial charge in [0.25, 0.3) is 5.91 Å². The van der Waals surface area contributed by atoms with Gasteiger partial charge in [-0.25, -0.2) is 0 Å². The Kier molecular flexibility index (Phi) is 4.44. The van der Waals surface area contributed by atoms with Crippen molar-refractivity contribution in [1.82, 2.24) is 5.32 Å². The van der Waals surface area contributed by atoms with Crippen molar-refractivity contribution >= 4 is 27.9 Å². The maximum Gasteiger partial charge on any atom is 0.263 e. The average Bonchev–Trinajstić information content (AvgIpc) is 2.79. The summed E-state index contributed by atoms with van der Waals surface area (Å²) in [6.45, 7) is 5.87. The van der Waals surface area contributed by atoms with Crippen LogP contribution in [-0.4, -0.2) is 31.6 Å². The highest BCUT2D eigenvalue weighted by Gasteiger charge is 2.21. The monoisotopic (exact) mass is 280 g/mol. The largest absolute Gasteiger partial charge is 0.397 e. The Labute approximate surface area is 117 Å². The Morgan fingerprint density at radius 3 is 2.89 bits per heavy atom. The zero-order valence-electron chi connectivity index (χ0n) is 10.9. The van der Waals surface area contributed by atoms with E-state index in [0.29, 0.717) is 23.2 Å². The molecule has 1 aromatic rings. The highest BCUT2D eigenvalue weighted by molar-refractivity contribution is 7.18. The molecule has 1 fully saturated rings. The minimum Gasteiger partial charge on any atom is -0.397 e. The van der Waals surface area contributed by atoms with Gasteiger partial charge in [0.2, 0.25) is 0 Å². The lowest BCUT2D eigenvalue weighted by Gasteiger charge is -2.30. The van der Waals surface area contributed by atoms with Gasteiger partial charge in [-0.2, -0.15) is 0 Å². The quantitative estimate of drug-likeness (QED) is 0.723. The molecular formula is C13H20N4OS. The van der Waals surface area contributed by atoms with E-state index in [0.717, 1.165) is 30.9 Å². The van der Waals surface area contributed by atoms with E-state index < -0.39 is 0 Å². The van der Waals surface area contributed by atoms with Crippen LogP contribution in [0.1, 0.15) is 22.5 Å². The van der Waals surface area contributed by atoms with Crippen LogP contribution in [0.4, 0.5) is 10.7 Å². The van der Waals surface area contributed by atoms with Crippen molar-refractivity contribution in [3.63, 3.8) is 0 Å². The second kappa shape index (κ2) is 6.08. The molecule has 5 nitrogen and oxygen atoms in total. The van der Waals surface area contributed by atoms with E-state index in [1.165, 1.54) is 11.3 Å². The highest BCUT2D eigenvalue weighted by atomic mass is 32.1. The van der Waals surface area contributed by atoms with E-state index in [2.05, 4.69) is 16.8 Å². The lowest BCUT2D eigenvalue weighted by atomic mass is 10.1. The van der Waals surface area contributed by atoms with Crippen LogP contribution in [0.5, 0.6) is 0 Å². The number of nitrogens with two attached hydrogens (primary N) is 2. The lowest BCUT2D eigenvalue weighted by molar-refractivity contribution is 0.0963. The molecule has 0 bridgehead atoms. The van der Waals surface area contributed by atoms with Crippen molar-refractivity contribution in [3.8, 4) is 0 Å². The standard InChI is InChI=1S/C13H20N4OS/c1-2-5-16-13(18)12-10(15)8-11(19-12)17-6-3-9(14)4-7-17/h2,8-9H,1,3-7,14-15H2,(H,16,18). The summed E-state index contributed by atoms with van der Waals surface area (Å²) in [5.74, 6) is -0.137. The summed E-state index contributed by atoms with van der Waals surface area (Å²) in [6.07, 6.45) is 3.61. The molecule has 19 heavy (non-hydrogen) atoms. The molecule has 6 heteroatoms. The Morgan fingerprint density at radius 2 is 2.26 bits per heavy atom. The number of carbonyl (C=O) groups is 1. The van der Waals surface area contributed by atoms with Crippen LogP contribution in [0, 0.1) is 0 Å². The summed E-state index contributed by atoms with van der Waals surface area (Å²) >= 11 is 1.44. The van der Waals surface area contributed by atoms with Crippen LogP contribution in [0.15, 0.2) is 18.7 Å². The van der Waals surface area contributed by atoms with Crippen LogP contribution in [-0.2, 0) is 0 Å². The number of piperidine rings is 1. The predicted octanol–water partition coefficient (Wildman–Crippen LogP) is 1.17. The fourth-order valence-corrected chi connectivity index (χ4v) is 3.14. The number of hydrogen-bond acceptors (Lipinski definition) is 5. The molecule has 0 aliphatic carbocycles. The van der Waals surface area contributed by atoms with Gasteiger partial charge in [0, 0.05) is 25.7 Å². The predicted molar refractivity (Wildman–Crippen MR) is 80.7 cm³/mol. The lowest BCUT2D eigenvalue weighted by Crippen LogP contribution is -2.39. The molecule has 1 saturated heterocycles. The van der Waals surface area contributed by atoms with Crippen LogP contribution in [0.2, 0.25) is 0 Å². The maximum absolute atomic E-state index is 11.9. The third-order valence-corrected chi connectivity index (χ3v) is 4.42. The number of nitrogen functional groups attached to an aromatic ring is 1. The summed E-state index contributed by atoms with van der Waals surface area (Å²) in [5.41, 5.74) is 12.4. The molecule has 1 aliphatic heterocycles. The minimum atomic E-state index is -0.137. The Bertz CT molecular complexity index is 463. The average molecular weight is 280 g/mol. The van der Waals surface area contributed by atoms with Crippen molar-refractivity contribution in [2.45, 2.75) is 18.9 Å². The molecule has 5 N–H and O–H groups in total. The summed E-state index contributed by atoms with van der Waals surface area (Å²) in [5, 5.41) is 3.80. The van der Waals surface area contributed by atoms with Gasteiger partial charge in [-0.15, -0.1) is 17.9 Å². The zero-order valence-corrected chi connectivity index (χ0v) is 11.7. The number of carbonyl (C=O) groups excluding carboxylic acids is 1. The summed E-state index contributed by atoms with van der Waals surface area (Å²) in [4.78, 5) is 14.7. The molecule has 1 aliphatic rings. The third-order valence-electron chi connectivity index (χ3n) is 3.21. The number of nitrogens with zero attached hydrogens (tertiary/aromatic N) is 1. The molecule has 0 unspecified atom stereocenters. The van der Waals surface area contributed by atoms with Gasteiger partial charge >= 0.3 is 0 Å². The first-order valence-corrected chi connectivity index (χ1v) is 7.22. The fourth-order valence-electron chi connectivity index (χ4n) is 2.09. The van der Waals surface area contributed by atoms with Gasteiger partial charge in [0.1, 0.15) is 4.88 Å². The van der Waals surface area contributed by atoms with Gasteiger partial charge in [-0.05, 0) is 18.9 Å². The second-order valence-electron chi connectivity index (χ2n) is 4.69. The SMILES string of the molecule is C=CCNC(=O)c1sc(N2CCC(N)CC2)cc1N. The molecule has 1 amide bonds. The molecule has 1 aromatic heterocycles. The van der Waals surface area contributed by atoms with Crippen molar-refractivity contribution in [2.24, 2.45) is 5.73 Å². The molecule has 0 spiro atoms. The molecule has 0 aromatic carbocycles. The molecule has 2 heterocycles. The topological polar surface area (TPSA) is 84.4 Å². The first kappa shape index (κ1) is 13.9. The van der Waals surface area contributed by atoms with Gasteiger partial charge in [0.15, 0.2) is 0 Å². The summed E-state index contributed by atoms with van der Waals surface area (Å²) in [7, 11) is 0. The van der Waals surface area contributed by atoms with Crippen LogP contribution >= 0.6 is 11.3 Å². The highest BCUT2D eigenvalue weighted by Crippen LogP contribution is 2.33. The number of nitrogens with one attached hydrogen (secondary N) is 1. The number of thiophene rings is 1. The van der Waals surface area contributed by atoms with E-state index in [-0.39, 0.29) is 5.91 Å². The zero-order chi connectivity index (χ0) is 13.8. The van der Waals surface area contributed by atoms with Crippen molar-refractivity contribution in [3.05, 3.63) is 23.6 Å². The number of amides is 1. The van der Waals surface area contributed by atoms with Crippen molar-refractivity contribution < 1.29 is 4.79 Å². The summed E-state index contributed by atoms with van der Waals surface area (Å²) in [6, 6.07) is 2.17. The smallest absolute Gasteiger partial charge is 0.263 e. The van der Waals surface area contributed by atoms with Gasteiger partial charge in [-0.3, -0.25) is 4.79 Å². The molecule has 2 rings (SSSR count). The van der Waals surface area contributed by atoms with E-state index in [1.54, 1.807) is 6.08 Å². The normalized spacial score (nSPS) is 16.4. The third kappa shape index (κ3) is 3.27. The van der Waals surface area contributed by atoms with E-state index in [9.17, 15) is 4.79 Å². The van der Waals surface area contributed by atoms with E-state index in [4.69, 9.17) is 11.5 Å². The minimum absolute atomic E-state index is 0.137. The molecular weight excluding hydrogens is 260 g/mol. The molecule has 0 atom stereocenters. The summed E-state index contributed by atoms with van der Waals surface area (Å²) < 4.78 is 0. The number of rotatable bonds is 4. The Hall–Kier alpha value is -1.53. The van der Waals surface area contributed by atoms with Gasteiger partial charge < -0.3 is 21.7 Å². The van der Waals surface area contributed by atoms with Crippen LogP contribution < -0.4 is 21.7 Å². The van der Waals surface area contributed by atoms with Gasteiger partial charge in [-0.1, -0.05) is 6.08 Å². The van der Waals surface area contributed by atoms with Crippen LogP contribution in [0.25, 0.3) is 0 Å². The van der Waals surface area contributed by atoms with E-state index >= 15 is 0 Å². The molecule has 0 saturated carbocycles. The number of anilines is 2. The van der Waals surface area contributed by atoms with Crippen LogP contribution in [0.3, 0.4) is 0 Å². The Balaban J connectivity index is 2.07.